The summed E-state index contributed by atoms with van der Waals surface area (Å²) in [7, 11) is 3.12. The Bertz CT molecular complexity index is 843. The highest BCUT2D eigenvalue weighted by Gasteiger charge is 2.24. The Balaban J connectivity index is 1.72. The lowest BCUT2D eigenvalue weighted by Gasteiger charge is -2.23. The Hall–Kier alpha value is -3.02. The lowest BCUT2D eigenvalue weighted by molar-refractivity contribution is 0.0718. The molecule has 2 aromatic rings. The smallest absolute Gasteiger partial charge is 0.254 e. The summed E-state index contributed by atoms with van der Waals surface area (Å²) >= 11 is 0. The molecular formula is C22H26N2O4. The highest BCUT2D eigenvalue weighted by Crippen LogP contribution is 2.24. The highest BCUT2D eigenvalue weighted by molar-refractivity contribution is 5.96. The van der Waals surface area contributed by atoms with Crippen molar-refractivity contribution in [3.8, 4) is 11.5 Å². The summed E-state index contributed by atoms with van der Waals surface area (Å²) in [6.07, 6.45) is 0.741. The van der Waals surface area contributed by atoms with Crippen molar-refractivity contribution in [1.29, 1.82) is 0 Å². The first kappa shape index (κ1) is 19.7. The van der Waals surface area contributed by atoms with Gasteiger partial charge in [0.2, 0.25) is 0 Å². The third kappa shape index (κ3) is 4.27. The molecule has 1 heterocycles. The van der Waals surface area contributed by atoms with Crippen molar-refractivity contribution in [3.63, 3.8) is 0 Å². The minimum absolute atomic E-state index is 0.0236. The van der Waals surface area contributed by atoms with Gasteiger partial charge in [-0.25, -0.2) is 0 Å². The molecular weight excluding hydrogens is 356 g/mol. The number of amides is 2. The van der Waals surface area contributed by atoms with E-state index in [0.29, 0.717) is 43.2 Å². The van der Waals surface area contributed by atoms with Gasteiger partial charge in [-0.2, -0.15) is 0 Å². The van der Waals surface area contributed by atoms with Crippen LogP contribution in [0.25, 0.3) is 0 Å². The summed E-state index contributed by atoms with van der Waals surface area (Å²) in [4.78, 5) is 29.5. The fraction of sp³-hybridized carbons (Fsp3) is 0.364. The number of benzene rings is 2. The molecule has 6 heteroatoms. The maximum atomic E-state index is 13.0. The quantitative estimate of drug-likeness (QED) is 0.816. The number of nitrogens with zero attached hydrogens (tertiary/aromatic N) is 2. The van der Waals surface area contributed by atoms with E-state index in [1.807, 2.05) is 36.1 Å². The Morgan fingerprint density at radius 3 is 1.96 bits per heavy atom. The van der Waals surface area contributed by atoms with Crippen LogP contribution in [0.4, 0.5) is 0 Å². The van der Waals surface area contributed by atoms with Gasteiger partial charge in [0.15, 0.2) is 0 Å². The molecule has 1 fully saturated rings. The molecule has 0 atom stereocenters. The van der Waals surface area contributed by atoms with Crippen LogP contribution >= 0.6 is 0 Å². The van der Waals surface area contributed by atoms with Crippen molar-refractivity contribution in [2.75, 3.05) is 40.4 Å². The number of ether oxygens (including phenoxy) is 2. The maximum absolute atomic E-state index is 13.0. The molecule has 2 amide bonds. The molecule has 0 radical (unpaired) electrons. The fourth-order valence-corrected chi connectivity index (χ4v) is 3.42. The second-order valence-electron chi connectivity index (χ2n) is 6.85. The van der Waals surface area contributed by atoms with E-state index in [4.69, 9.17) is 9.47 Å². The van der Waals surface area contributed by atoms with E-state index in [9.17, 15) is 9.59 Å². The van der Waals surface area contributed by atoms with Crippen molar-refractivity contribution in [1.82, 2.24) is 9.80 Å². The molecule has 1 aliphatic rings. The molecule has 0 unspecified atom stereocenters. The first-order valence-electron chi connectivity index (χ1n) is 9.40. The summed E-state index contributed by atoms with van der Waals surface area (Å²) in [5.41, 5.74) is 2.21. The minimum Gasteiger partial charge on any atom is -0.497 e. The predicted molar refractivity (Wildman–Crippen MR) is 107 cm³/mol. The average Bonchev–Trinajstić information content (AvgIpc) is 2.99. The molecule has 0 aliphatic carbocycles. The normalized spacial score (nSPS) is 14.4. The van der Waals surface area contributed by atoms with Gasteiger partial charge in [0.25, 0.3) is 11.8 Å². The lowest BCUT2D eigenvalue weighted by Crippen LogP contribution is -2.37. The van der Waals surface area contributed by atoms with Gasteiger partial charge in [0, 0.05) is 43.4 Å². The second-order valence-corrected chi connectivity index (χ2v) is 6.85. The van der Waals surface area contributed by atoms with Crippen LogP contribution in [0.2, 0.25) is 0 Å². The van der Waals surface area contributed by atoms with Gasteiger partial charge in [-0.3, -0.25) is 9.59 Å². The Morgan fingerprint density at radius 1 is 0.821 bits per heavy atom. The lowest BCUT2D eigenvalue weighted by atomic mass is 10.1. The molecule has 0 bridgehead atoms. The Labute approximate surface area is 165 Å². The largest absolute Gasteiger partial charge is 0.497 e. The van der Waals surface area contributed by atoms with Gasteiger partial charge in [-0.1, -0.05) is 18.2 Å². The standard InChI is InChI=1S/C22H26N2O4/c1-16-7-4-5-8-20(16)22(26)24-10-6-9-23(11-12-24)21(25)17-13-18(27-2)15-19(14-17)28-3/h4-5,7-8,13-15H,6,9-12H2,1-3H3. The van der Waals surface area contributed by atoms with E-state index in [2.05, 4.69) is 0 Å². The number of methoxy groups -OCH3 is 2. The van der Waals surface area contributed by atoms with Crippen molar-refractivity contribution in [3.05, 3.63) is 59.2 Å². The van der Waals surface area contributed by atoms with Crippen LogP contribution < -0.4 is 9.47 Å². The molecule has 148 valence electrons. The van der Waals surface area contributed by atoms with E-state index < -0.39 is 0 Å². The first-order valence-corrected chi connectivity index (χ1v) is 9.40. The number of hydrogen-bond donors (Lipinski definition) is 0. The number of carbonyl (C=O) groups excluding carboxylic acids is 2. The Kier molecular flexibility index (Phi) is 6.19. The zero-order chi connectivity index (χ0) is 20.1. The molecule has 0 N–H and O–H groups in total. The average molecular weight is 382 g/mol. The zero-order valence-corrected chi connectivity index (χ0v) is 16.6. The van der Waals surface area contributed by atoms with Crippen LogP contribution in [-0.4, -0.2) is 62.0 Å². The summed E-state index contributed by atoms with van der Waals surface area (Å²) < 4.78 is 10.5. The highest BCUT2D eigenvalue weighted by atomic mass is 16.5. The monoisotopic (exact) mass is 382 g/mol. The summed E-state index contributed by atoms with van der Waals surface area (Å²) in [5.74, 6) is 1.10. The van der Waals surface area contributed by atoms with Crippen molar-refractivity contribution < 1.29 is 19.1 Å². The van der Waals surface area contributed by atoms with Crippen LogP contribution in [-0.2, 0) is 0 Å². The van der Waals surface area contributed by atoms with E-state index in [0.717, 1.165) is 17.5 Å². The molecule has 6 nitrogen and oxygen atoms in total. The van der Waals surface area contributed by atoms with Crippen LogP contribution in [0.15, 0.2) is 42.5 Å². The van der Waals surface area contributed by atoms with Crippen molar-refractivity contribution in [2.24, 2.45) is 0 Å². The van der Waals surface area contributed by atoms with Gasteiger partial charge in [0.1, 0.15) is 11.5 Å². The van der Waals surface area contributed by atoms with E-state index in [1.165, 1.54) is 0 Å². The van der Waals surface area contributed by atoms with Gasteiger partial charge in [0.05, 0.1) is 14.2 Å². The Morgan fingerprint density at radius 2 is 1.39 bits per heavy atom. The molecule has 0 aromatic heterocycles. The van der Waals surface area contributed by atoms with E-state index in [1.54, 1.807) is 37.3 Å². The third-order valence-corrected chi connectivity index (χ3v) is 5.04. The maximum Gasteiger partial charge on any atom is 0.254 e. The second kappa shape index (κ2) is 8.78. The molecule has 3 rings (SSSR count). The molecule has 0 spiro atoms. The fourth-order valence-electron chi connectivity index (χ4n) is 3.42. The van der Waals surface area contributed by atoms with Gasteiger partial charge in [-0.05, 0) is 37.1 Å². The predicted octanol–water partition coefficient (Wildman–Crippen LogP) is 3.00. The summed E-state index contributed by atoms with van der Waals surface area (Å²) in [6.45, 7) is 4.20. The van der Waals surface area contributed by atoms with Crippen LogP contribution in [0.3, 0.4) is 0 Å². The van der Waals surface area contributed by atoms with Crippen LogP contribution in [0.5, 0.6) is 11.5 Å². The number of carbonyl (C=O) groups is 2. The first-order chi connectivity index (χ1) is 13.5. The van der Waals surface area contributed by atoms with Crippen molar-refractivity contribution in [2.45, 2.75) is 13.3 Å². The number of hydrogen-bond acceptors (Lipinski definition) is 4. The SMILES string of the molecule is COc1cc(OC)cc(C(=O)N2CCCN(C(=O)c3ccccc3C)CC2)c1. The molecule has 0 saturated carbocycles. The third-order valence-electron chi connectivity index (χ3n) is 5.04. The van der Waals surface area contributed by atoms with Crippen molar-refractivity contribution >= 4 is 11.8 Å². The minimum atomic E-state index is -0.0811. The van der Waals surface area contributed by atoms with Crippen LogP contribution in [0.1, 0.15) is 32.7 Å². The van der Waals surface area contributed by atoms with Gasteiger partial charge < -0.3 is 19.3 Å². The number of rotatable bonds is 4. The molecule has 2 aromatic carbocycles. The zero-order valence-electron chi connectivity index (χ0n) is 16.6. The summed E-state index contributed by atoms with van der Waals surface area (Å²) in [6, 6.07) is 12.8. The van der Waals surface area contributed by atoms with Gasteiger partial charge >= 0.3 is 0 Å². The molecule has 1 saturated heterocycles. The van der Waals surface area contributed by atoms with E-state index in [-0.39, 0.29) is 11.8 Å². The van der Waals surface area contributed by atoms with Gasteiger partial charge in [-0.15, -0.1) is 0 Å². The topological polar surface area (TPSA) is 59.1 Å². The molecule has 1 aliphatic heterocycles. The summed E-state index contributed by atoms with van der Waals surface area (Å²) in [5, 5.41) is 0. The molecule has 28 heavy (non-hydrogen) atoms. The van der Waals surface area contributed by atoms with Crippen LogP contribution in [0, 0.1) is 6.92 Å². The number of aryl methyl sites for hydroxylation is 1. The van der Waals surface area contributed by atoms with E-state index >= 15 is 0 Å².